The van der Waals surface area contributed by atoms with Gasteiger partial charge in [-0.15, -0.1) is 0 Å². The highest BCUT2D eigenvalue weighted by Crippen LogP contribution is 2.18. The van der Waals surface area contributed by atoms with Gasteiger partial charge < -0.3 is 10.6 Å². The molecule has 0 saturated heterocycles. The van der Waals surface area contributed by atoms with Crippen LogP contribution in [0.4, 0.5) is 5.69 Å². The van der Waals surface area contributed by atoms with Crippen molar-refractivity contribution in [3.05, 3.63) is 60.4 Å². The second kappa shape index (κ2) is 7.55. The molecule has 0 aliphatic carbocycles. The first kappa shape index (κ1) is 15.2. The van der Waals surface area contributed by atoms with Crippen molar-refractivity contribution >= 4 is 11.6 Å². The van der Waals surface area contributed by atoms with E-state index in [0.29, 0.717) is 12.5 Å². The van der Waals surface area contributed by atoms with Gasteiger partial charge in [0.15, 0.2) is 0 Å². The highest BCUT2D eigenvalue weighted by molar-refractivity contribution is 5.92. The maximum absolute atomic E-state index is 11.9. The van der Waals surface area contributed by atoms with Crippen molar-refractivity contribution in [2.75, 3.05) is 11.9 Å². The number of carbonyl (C=O) groups excluding carboxylic acids is 1. The van der Waals surface area contributed by atoms with E-state index >= 15 is 0 Å². The van der Waals surface area contributed by atoms with Gasteiger partial charge in [0.05, 0.1) is 6.54 Å². The van der Waals surface area contributed by atoms with Gasteiger partial charge in [-0.25, -0.2) is 0 Å². The summed E-state index contributed by atoms with van der Waals surface area (Å²) < 4.78 is 0. The van der Waals surface area contributed by atoms with E-state index in [1.165, 1.54) is 5.56 Å². The van der Waals surface area contributed by atoms with Crippen LogP contribution in [0.25, 0.3) is 0 Å². The molecule has 0 unspecified atom stereocenters. The molecule has 1 aromatic carbocycles. The molecule has 21 heavy (non-hydrogen) atoms. The predicted octanol–water partition coefficient (Wildman–Crippen LogP) is 2.80. The lowest BCUT2D eigenvalue weighted by molar-refractivity contribution is -0.115. The summed E-state index contributed by atoms with van der Waals surface area (Å²) in [5, 5.41) is 6.11. The summed E-state index contributed by atoms with van der Waals surface area (Å²) in [6.07, 6.45) is 3.31. The zero-order chi connectivity index (χ0) is 15.1. The number of benzene rings is 1. The molecule has 2 N–H and O–H groups in total. The highest BCUT2D eigenvalue weighted by atomic mass is 16.1. The summed E-state index contributed by atoms with van der Waals surface area (Å²) >= 11 is 0. The van der Waals surface area contributed by atoms with E-state index in [2.05, 4.69) is 41.6 Å². The highest BCUT2D eigenvalue weighted by Gasteiger charge is 2.14. The summed E-state index contributed by atoms with van der Waals surface area (Å²) in [5.74, 6) is 0.299. The van der Waals surface area contributed by atoms with Crippen LogP contribution >= 0.6 is 0 Å². The number of carbonyl (C=O) groups is 1. The Balaban J connectivity index is 1.81. The van der Waals surface area contributed by atoms with E-state index in [1.807, 2.05) is 18.2 Å². The molecule has 0 aliphatic rings. The normalized spacial score (nSPS) is 13.4. The first-order chi connectivity index (χ1) is 10.2. The Hall–Kier alpha value is -2.20. The van der Waals surface area contributed by atoms with Crippen LogP contribution in [-0.4, -0.2) is 23.5 Å². The molecule has 0 radical (unpaired) electrons. The minimum Gasteiger partial charge on any atom is -0.325 e. The largest absolute Gasteiger partial charge is 0.325 e. The minimum absolute atomic E-state index is 0.0479. The molecule has 0 bridgehead atoms. The van der Waals surface area contributed by atoms with E-state index in [0.717, 1.165) is 5.69 Å². The molecule has 2 atom stereocenters. The third kappa shape index (κ3) is 4.68. The SMILES string of the molecule is C[C@H](NCC(=O)Nc1ccncc1)[C@H](C)c1ccccc1. The van der Waals surface area contributed by atoms with Gasteiger partial charge in [-0.05, 0) is 30.5 Å². The van der Waals surface area contributed by atoms with Crippen molar-refractivity contribution in [2.24, 2.45) is 0 Å². The minimum atomic E-state index is -0.0479. The summed E-state index contributed by atoms with van der Waals surface area (Å²) in [5.41, 5.74) is 2.03. The molecule has 0 aliphatic heterocycles. The van der Waals surface area contributed by atoms with Crippen LogP contribution in [0.15, 0.2) is 54.9 Å². The van der Waals surface area contributed by atoms with E-state index in [9.17, 15) is 4.79 Å². The van der Waals surface area contributed by atoms with Crippen LogP contribution in [0.1, 0.15) is 25.3 Å². The van der Waals surface area contributed by atoms with E-state index < -0.39 is 0 Å². The third-order valence-corrected chi connectivity index (χ3v) is 3.62. The number of hydrogen-bond donors (Lipinski definition) is 2. The quantitative estimate of drug-likeness (QED) is 0.857. The van der Waals surface area contributed by atoms with Crippen molar-refractivity contribution in [3.63, 3.8) is 0 Å². The topological polar surface area (TPSA) is 54.0 Å². The summed E-state index contributed by atoms with van der Waals surface area (Å²) in [4.78, 5) is 15.8. The molecule has 4 heteroatoms. The number of aromatic nitrogens is 1. The Labute approximate surface area is 125 Å². The molecule has 1 amide bonds. The van der Waals surface area contributed by atoms with E-state index in [1.54, 1.807) is 24.5 Å². The van der Waals surface area contributed by atoms with Gasteiger partial charge in [-0.3, -0.25) is 9.78 Å². The van der Waals surface area contributed by atoms with Crippen molar-refractivity contribution in [1.29, 1.82) is 0 Å². The fourth-order valence-electron chi connectivity index (χ4n) is 2.12. The molecule has 1 heterocycles. The molecule has 1 aromatic heterocycles. The standard InChI is InChI=1S/C17H21N3O/c1-13(15-6-4-3-5-7-15)14(2)19-12-17(21)20-16-8-10-18-11-9-16/h3-11,13-14,19H,12H2,1-2H3,(H,18,20,21)/t13-,14-/m0/s1. The van der Waals surface area contributed by atoms with Gasteiger partial charge in [0.1, 0.15) is 0 Å². The second-order valence-electron chi connectivity index (χ2n) is 5.15. The van der Waals surface area contributed by atoms with Crippen LogP contribution in [-0.2, 0) is 4.79 Å². The second-order valence-corrected chi connectivity index (χ2v) is 5.15. The number of nitrogens with one attached hydrogen (secondary N) is 2. The summed E-state index contributed by atoms with van der Waals surface area (Å²) in [6, 6.07) is 14.1. The molecular weight excluding hydrogens is 262 g/mol. The third-order valence-electron chi connectivity index (χ3n) is 3.62. The first-order valence-electron chi connectivity index (χ1n) is 7.15. The lowest BCUT2D eigenvalue weighted by Gasteiger charge is -2.21. The van der Waals surface area contributed by atoms with Gasteiger partial charge >= 0.3 is 0 Å². The molecule has 2 aromatic rings. The van der Waals surface area contributed by atoms with Crippen LogP contribution in [0, 0.1) is 0 Å². The number of anilines is 1. The molecule has 2 rings (SSSR count). The van der Waals surface area contributed by atoms with Crippen molar-refractivity contribution < 1.29 is 4.79 Å². The number of rotatable bonds is 6. The van der Waals surface area contributed by atoms with E-state index in [-0.39, 0.29) is 11.9 Å². The molecule has 0 fully saturated rings. The Kier molecular flexibility index (Phi) is 5.46. The number of hydrogen-bond acceptors (Lipinski definition) is 3. The maximum Gasteiger partial charge on any atom is 0.238 e. The van der Waals surface area contributed by atoms with Crippen molar-refractivity contribution in [3.8, 4) is 0 Å². The Morgan fingerprint density at radius 2 is 1.76 bits per heavy atom. The zero-order valence-electron chi connectivity index (χ0n) is 12.4. The monoisotopic (exact) mass is 283 g/mol. The van der Waals surface area contributed by atoms with Crippen molar-refractivity contribution in [2.45, 2.75) is 25.8 Å². The van der Waals surface area contributed by atoms with Gasteiger partial charge in [0, 0.05) is 24.1 Å². The molecule has 110 valence electrons. The summed E-state index contributed by atoms with van der Waals surface area (Å²) in [6.45, 7) is 4.55. The number of nitrogens with zero attached hydrogens (tertiary/aromatic N) is 1. The van der Waals surface area contributed by atoms with Crippen LogP contribution in [0.3, 0.4) is 0 Å². The average molecular weight is 283 g/mol. The van der Waals surface area contributed by atoms with Gasteiger partial charge in [-0.2, -0.15) is 0 Å². The fraction of sp³-hybridized carbons (Fsp3) is 0.294. The molecule has 0 saturated carbocycles. The fourth-order valence-corrected chi connectivity index (χ4v) is 2.12. The first-order valence-corrected chi connectivity index (χ1v) is 7.15. The molecule has 0 spiro atoms. The Morgan fingerprint density at radius 1 is 1.10 bits per heavy atom. The summed E-state index contributed by atoms with van der Waals surface area (Å²) in [7, 11) is 0. The Bertz CT molecular complexity index is 557. The van der Waals surface area contributed by atoms with E-state index in [4.69, 9.17) is 0 Å². The molecular formula is C17H21N3O. The average Bonchev–Trinajstić information content (AvgIpc) is 2.53. The molecule has 4 nitrogen and oxygen atoms in total. The lowest BCUT2D eigenvalue weighted by atomic mass is 9.94. The zero-order valence-corrected chi connectivity index (χ0v) is 12.4. The number of pyridine rings is 1. The smallest absolute Gasteiger partial charge is 0.238 e. The van der Waals surface area contributed by atoms with Crippen LogP contribution < -0.4 is 10.6 Å². The van der Waals surface area contributed by atoms with Gasteiger partial charge in [-0.1, -0.05) is 37.3 Å². The lowest BCUT2D eigenvalue weighted by Crippen LogP contribution is -2.37. The van der Waals surface area contributed by atoms with Gasteiger partial charge in [0.25, 0.3) is 0 Å². The van der Waals surface area contributed by atoms with Crippen LogP contribution in [0.5, 0.6) is 0 Å². The van der Waals surface area contributed by atoms with Crippen molar-refractivity contribution in [1.82, 2.24) is 10.3 Å². The predicted molar refractivity (Wildman–Crippen MR) is 85.2 cm³/mol. The number of amides is 1. The maximum atomic E-state index is 11.9. The van der Waals surface area contributed by atoms with Gasteiger partial charge in [0.2, 0.25) is 5.91 Å². The Morgan fingerprint density at radius 3 is 2.43 bits per heavy atom. The van der Waals surface area contributed by atoms with Crippen LogP contribution in [0.2, 0.25) is 0 Å².